The molecule has 1 aromatic rings. The Hall–Kier alpha value is -1.60. The molecule has 2 heterocycles. The van der Waals surface area contributed by atoms with E-state index in [1.165, 1.54) is 13.4 Å². The lowest BCUT2D eigenvalue weighted by Gasteiger charge is -2.14. The largest absolute Gasteiger partial charge is 0.489 e. The number of anilines is 1. The van der Waals surface area contributed by atoms with Crippen LogP contribution >= 0.6 is 0 Å². The molecule has 0 amide bonds. The average Bonchev–Trinajstić information content (AvgIpc) is 2.88. The lowest BCUT2D eigenvalue weighted by molar-refractivity contribution is 0.0652. The Morgan fingerprint density at radius 2 is 2.47 bits per heavy atom. The second-order valence-corrected chi connectivity index (χ2v) is 3.65. The minimum atomic E-state index is 0.129. The summed E-state index contributed by atoms with van der Waals surface area (Å²) in [5.41, 5.74) is 2.43. The molecule has 0 spiro atoms. The second kappa shape index (κ2) is 5.65. The molecule has 94 valence electrons. The molecule has 7 nitrogen and oxygen atoms in total. The van der Waals surface area contributed by atoms with E-state index in [9.17, 15) is 0 Å². The molecule has 1 aliphatic rings. The van der Waals surface area contributed by atoms with Crippen molar-refractivity contribution < 1.29 is 14.2 Å². The highest BCUT2D eigenvalue weighted by molar-refractivity contribution is 5.54. The van der Waals surface area contributed by atoms with Crippen molar-refractivity contribution in [3.8, 4) is 11.6 Å². The summed E-state index contributed by atoms with van der Waals surface area (Å²) >= 11 is 0. The van der Waals surface area contributed by atoms with Gasteiger partial charge in [-0.05, 0) is 12.8 Å². The number of aromatic nitrogens is 2. The first-order chi connectivity index (χ1) is 8.35. The fourth-order valence-electron chi connectivity index (χ4n) is 1.69. The number of hydrogen-bond donors (Lipinski definition) is 2. The first kappa shape index (κ1) is 11.9. The molecule has 0 saturated carbocycles. The minimum Gasteiger partial charge on any atom is -0.489 e. The van der Waals surface area contributed by atoms with Crippen LogP contribution in [0.1, 0.15) is 12.8 Å². The highest BCUT2D eigenvalue weighted by Gasteiger charge is 2.19. The van der Waals surface area contributed by atoms with Crippen molar-refractivity contribution >= 4 is 5.82 Å². The molecule has 1 atom stereocenters. The highest BCUT2D eigenvalue weighted by Crippen LogP contribution is 2.30. The van der Waals surface area contributed by atoms with Gasteiger partial charge in [-0.25, -0.2) is 10.8 Å². The summed E-state index contributed by atoms with van der Waals surface area (Å²) in [7, 11) is 1.51. The van der Waals surface area contributed by atoms with Crippen LogP contribution in [-0.4, -0.2) is 36.4 Å². The van der Waals surface area contributed by atoms with Gasteiger partial charge in [0.05, 0.1) is 13.2 Å². The maximum Gasteiger partial charge on any atom is 0.262 e. The van der Waals surface area contributed by atoms with Gasteiger partial charge in [0, 0.05) is 6.61 Å². The number of hydrazine groups is 1. The van der Waals surface area contributed by atoms with Gasteiger partial charge in [-0.15, -0.1) is 0 Å². The molecular formula is C10H16N4O3. The lowest BCUT2D eigenvalue weighted by Crippen LogP contribution is -2.18. The van der Waals surface area contributed by atoms with Gasteiger partial charge in [0.25, 0.3) is 5.88 Å². The SMILES string of the molecule is COc1c(NN)ncnc1OCC1CCCO1. The van der Waals surface area contributed by atoms with E-state index in [0.717, 1.165) is 19.4 Å². The lowest BCUT2D eigenvalue weighted by atomic mass is 10.2. The van der Waals surface area contributed by atoms with Gasteiger partial charge in [-0.1, -0.05) is 0 Å². The summed E-state index contributed by atoms with van der Waals surface area (Å²) in [4.78, 5) is 7.93. The van der Waals surface area contributed by atoms with Crippen LogP contribution in [0.15, 0.2) is 6.33 Å². The minimum absolute atomic E-state index is 0.129. The van der Waals surface area contributed by atoms with Crippen LogP contribution in [0, 0.1) is 0 Å². The van der Waals surface area contributed by atoms with E-state index in [0.29, 0.717) is 24.1 Å². The fraction of sp³-hybridized carbons (Fsp3) is 0.600. The van der Waals surface area contributed by atoms with Crippen LogP contribution in [0.2, 0.25) is 0 Å². The summed E-state index contributed by atoms with van der Waals surface area (Å²) < 4.78 is 16.2. The number of nitrogens with zero attached hydrogens (tertiary/aromatic N) is 2. The van der Waals surface area contributed by atoms with Gasteiger partial charge in [0.15, 0.2) is 5.82 Å². The predicted molar refractivity (Wildman–Crippen MR) is 60.9 cm³/mol. The van der Waals surface area contributed by atoms with Gasteiger partial charge in [0.2, 0.25) is 5.75 Å². The van der Waals surface area contributed by atoms with E-state index in [-0.39, 0.29) is 6.10 Å². The fourth-order valence-corrected chi connectivity index (χ4v) is 1.69. The van der Waals surface area contributed by atoms with E-state index < -0.39 is 0 Å². The number of nitrogen functional groups attached to an aromatic ring is 1. The van der Waals surface area contributed by atoms with Gasteiger partial charge >= 0.3 is 0 Å². The Morgan fingerprint density at radius 1 is 1.59 bits per heavy atom. The van der Waals surface area contributed by atoms with Gasteiger partial charge in [-0.3, -0.25) is 0 Å². The Balaban J connectivity index is 2.03. The summed E-state index contributed by atoms with van der Waals surface area (Å²) in [6.07, 6.45) is 3.58. The normalized spacial score (nSPS) is 19.1. The van der Waals surface area contributed by atoms with Crippen molar-refractivity contribution in [3.63, 3.8) is 0 Å². The zero-order chi connectivity index (χ0) is 12.1. The third-order valence-electron chi connectivity index (χ3n) is 2.54. The molecule has 1 saturated heterocycles. The highest BCUT2D eigenvalue weighted by atomic mass is 16.6. The smallest absolute Gasteiger partial charge is 0.262 e. The third-order valence-corrected chi connectivity index (χ3v) is 2.54. The summed E-state index contributed by atoms with van der Waals surface area (Å²) in [5, 5.41) is 0. The van der Waals surface area contributed by atoms with Crippen molar-refractivity contribution in [2.24, 2.45) is 5.84 Å². The monoisotopic (exact) mass is 240 g/mol. The number of methoxy groups -OCH3 is 1. The molecule has 17 heavy (non-hydrogen) atoms. The van der Waals surface area contributed by atoms with Crippen LogP contribution in [-0.2, 0) is 4.74 Å². The maximum absolute atomic E-state index is 5.56. The van der Waals surface area contributed by atoms with E-state index in [1.54, 1.807) is 0 Å². The maximum atomic E-state index is 5.56. The number of hydrogen-bond acceptors (Lipinski definition) is 7. The quantitative estimate of drug-likeness (QED) is 0.566. The Morgan fingerprint density at radius 3 is 3.12 bits per heavy atom. The van der Waals surface area contributed by atoms with Crippen LogP contribution in [0.25, 0.3) is 0 Å². The first-order valence-corrected chi connectivity index (χ1v) is 5.45. The molecule has 0 aromatic carbocycles. The molecular weight excluding hydrogens is 224 g/mol. The predicted octanol–water partition coefficient (Wildman–Crippen LogP) is 0.329. The van der Waals surface area contributed by atoms with Crippen LogP contribution in [0.4, 0.5) is 5.82 Å². The van der Waals surface area contributed by atoms with E-state index in [4.69, 9.17) is 20.1 Å². The first-order valence-electron chi connectivity index (χ1n) is 5.45. The van der Waals surface area contributed by atoms with Gasteiger partial charge < -0.3 is 19.6 Å². The summed E-state index contributed by atoms with van der Waals surface area (Å²) in [6, 6.07) is 0. The Kier molecular flexibility index (Phi) is 3.94. The topological polar surface area (TPSA) is 91.5 Å². The van der Waals surface area contributed by atoms with Crippen molar-refractivity contribution in [3.05, 3.63) is 6.33 Å². The molecule has 1 unspecified atom stereocenters. The molecule has 2 rings (SSSR count). The van der Waals surface area contributed by atoms with Crippen LogP contribution in [0.5, 0.6) is 11.6 Å². The summed E-state index contributed by atoms with van der Waals surface area (Å²) in [6.45, 7) is 1.25. The molecule has 3 N–H and O–H groups in total. The van der Waals surface area contributed by atoms with E-state index in [2.05, 4.69) is 15.4 Å². The standard InChI is InChI=1S/C10H16N4O3/c1-15-8-9(14-11)12-6-13-10(8)17-5-7-3-2-4-16-7/h6-7H,2-5,11H2,1H3,(H,12,13,14). The third kappa shape index (κ3) is 2.75. The van der Waals surface area contributed by atoms with Gasteiger partial charge in [-0.2, -0.15) is 4.98 Å². The van der Waals surface area contributed by atoms with E-state index >= 15 is 0 Å². The number of rotatable bonds is 5. The molecule has 1 fully saturated rings. The van der Waals surface area contributed by atoms with Crippen molar-refractivity contribution in [2.75, 3.05) is 25.7 Å². The number of ether oxygens (including phenoxy) is 3. The summed E-state index contributed by atoms with van der Waals surface area (Å²) in [5.74, 6) is 6.47. The average molecular weight is 240 g/mol. The molecule has 0 bridgehead atoms. The van der Waals surface area contributed by atoms with Gasteiger partial charge in [0.1, 0.15) is 12.9 Å². The van der Waals surface area contributed by atoms with Crippen LogP contribution in [0.3, 0.4) is 0 Å². The Bertz CT molecular complexity index is 369. The Labute approximate surface area is 99.3 Å². The zero-order valence-electron chi connectivity index (χ0n) is 9.68. The van der Waals surface area contributed by atoms with E-state index in [1.807, 2.05) is 0 Å². The molecule has 1 aliphatic heterocycles. The van der Waals surface area contributed by atoms with Crippen molar-refractivity contribution in [1.29, 1.82) is 0 Å². The van der Waals surface area contributed by atoms with Crippen molar-refractivity contribution in [1.82, 2.24) is 9.97 Å². The van der Waals surface area contributed by atoms with Crippen molar-refractivity contribution in [2.45, 2.75) is 18.9 Å². The second-order valence-electron chi connectivity index (χ2n) is 3.65. The molecule has 7 heteroatoms. The molecule has 0 aliphatic carbocycles. The molecule has 0 radical (unpaired) electrons. The molecule has 1 aromatic heterocycles. The van der Waals surface area contributed by atoms with Crippen LogP contribution < -0.4 is 20.7 Å². The zero-order valence-corrected chi connectivity index (χ0v) is 9.68. The number of nitrogens with two attached hydrogens (primary N) is 1. The number of nitrogens with one attached hydrogen (secondary N) is 1.